The topological polar surface area (TPSA) is 90.2 Å². The summed E-state index contributed by atoms with van der Waals surface area (Å²) in [7, 11) is 1.64. The van der Waals surface area contributed by atoms with E-state index in [1.165, 1.54) is 16.7 Å². The quantitative estimate of drug-likeness (QED) is 0.524. The van der Waals surface area contributed by atoms with Crippen molar-refractivity contribution in [1.82, 2.24) is 4.90 Å². The van der Waals surface area contributed by atoms with Crippen molar-refractivity contribution < 1.29 is 24.9 Å². The van der Waals surface area contributed by atoms with Gasteiger partial charge >= 0.3 is 0 Å². The zero-order valence-electron chi connectivity index (χ0n) is 8.81. The Balaban J connectivity index is 2.08. The number of aliphatic hydroxyl groups is 3. The van der Waals surface area contributed by atoms with Crippen LogP contribution in [0.4, 0.5) is 0 Å². The highest BCUT2D eigenvalue weighted by molar-refractivity contribution is 8.01. The molecule has 16 heavy (non-hydrogen) atoms. The van der Waals surface area contributed by atoms with Gasteiger partial charge in [-0.15, -0.1) is 11.8 Å². The molecule has 7 heteroatoms. The minimum atomic E-state index is -1.10. The minimum Gasteiger partial charge on any atom is -0.394 e. The number of hydrogen-bond donors (Lipinski definition) is 3. The fourth-order valence-electron chi connectivity index (χ4n) is 1.99. The zero-order valence-corrected chi connectivity index (χ0v) is 9.63. The highest BCUT2D eigenvalue weighted by Crippen LogP contribution is 2.34. The van der Waals surface area contributed by atoms with Crippen LogP contribution >= 0.6 is 11.8 Å². The van der Waals surface area contributed by atoms with Crippen molar-refractivity contribution in [2.75, 3.05) is 19.4 Å². The molecular weight excluding hydrogens is 234 g/mol. The Labute approximate surface area is 97.2 Å². The van der Waals surface area contributed by atoms with Gasteiger partial charge in [-0.2, -0.15) is 0 Å². The molecule has 0 saturated carbocycles. The van der Waals surface area contributed by atoms with Crippen LogP contribution in [0.25, 0.3) is 0 Å². The summed E-state index contributed by atoms with van der Waals surface area (Å²) in [5.41, 5.74) is 0. The van der Waals surface area contributed by atoms with Crippen LogP contribution in [0.5, 0.6) is 0 Å². The number of carbonyl (C=O) groups is 1. The number of aliphatic hydroxyl groups excluding tert-OH is 3. The van der Waals surface area contributed by atoms with Gasteiger partial charge < -0.3 is 25.0 Å². The summed E-state index contributed by atoms with van der Waals surface area (Å²) in [6.07, 6.45) is -3.58. The summed E-state index contributed by atoms with van der Waals surface area (Å²) in [4.78, 5) is 12.8. The van der Waals surface area contributed by atoms with E-state index in [2.05, 4.69) is 0 Å². The molecule has 92 valence electrons. The summed E-state index contributed by atoms with van der Waals surface area (Å²) in [6.45, 7) is -0.343. The van der Waals surface area contributed by atoms with Gasteiger partial charge in [0.15, 0.2) is 0 Å². The summed E-state index contributed by atoms with van der Waals surface area (Å²) in [6, 6.07) is 0. The van der Waals surface area contributed by atoms with Crippen molar-refractivity contribution in [3.8, 4) is 0 Å². The summed E-state index contributed by atoms with van der Waals surface area (Å²) < 4.78 is 5.37. The molecule has 0 aliphatic carbocycles. The number of rotatable bonds is 2. The third-order valence-electron chi connectivity index (χ3n) is 3.01. The Morgan fingerprint density at radius 1 is 1.50 bits per heavy atom. The third-order valence-corrected chi connectivity index (χ3v) is 4.35. The number of likely N-dealkylation sites (N-methyl/N-ethyl adjacent to an activating group) is 1. The Morgan fingerprint density at radius 2 is 2.19 bits per heavy atom. The molecule has 0 aromatic carbocycles. The molecule has 2 rings (SSSR count). The van der Waals surface area contributed by atoms with Crippen molar-refractivity contribution in [2.24, 2.45) is 0 Å². The van der Waals surface area contributed by atoms with Crippen LogP contribution in [0.1, 0.15) is 0 Å². The fourth-order valence-corrected chi connectivity index (χ4v) is 3.26. The molecule has 1 amide bonds. The van der Waals surface area contributed by atoms with Crippen LogP contribution in [0, 0.1) is 0 Å². The van der Waals surface area contributed by atoms with E-state index in [0.717, 1.165) is 0 Å². The molecule has 2 aliphatic heterocycles. The van der Waals surface area contributed by atoms with Crippen LogP contribution in [0.3, 0.4) is 0 Å². The number of carbonyl (C=O) groups excluding carboxylic acids is 1. The maximum absolute atomic E-state index is 11.3. The van der Waals surface area contributed by atoms with Crippen molar-refractivity contribution >= 4 is 17.7 Å². The molecule has 0 aromatic rings. The number of hydrogen-bond acceptors (Lipinski definition) is 6. The summed E-state index contributed by atoms with van der Waals surface area (Å²) in [5, 5.41) is 28.0. The molecule has 5 atom stereocenters. The maximum atomic E-state index is 11.3. The highest BCUT2D eigenvalue weighted by Gasteiger charge is 2.49. The van der Waals surface area contributed by atoms with E-state index in [-0.39, 0.29) is 17.9 Å². The third kappa shape index (κ3) is 1.82. The maximum Gasteiger partial charge on any atom is 0.233 e. The lowest BCUT2D eigenvalue weighted by Crippen LogP contribution is -2.44. The van der Waals surface area contributed by atoms with E-state index in [4.69, 9.17) is 9.84 Å². The molecule has 3 N–H and O–H groups in total. The van der Waals surface area contributed by atoms with E-state index < -0.39 is 24.4 Å². The van der Waals surface area contributed by atoms with E-state index in [0.29, 0.717) is 5.75 Å². The molecule has 1 unspecified atom stereocenters. The van der Waals surface area contributed by atoms with Crippen molar-refractivity contribution in [2.45, 2.75) is 29.8 Å². The second-order valence-corrected chi connectivity index (χ2v) is 5.11. The van der Waals surface area contributed by atoms with E-state index in [1.807, 2.05) is 0 Å². The van der Waals surface area contributed by atoms with Gasteiger partial charge in [0.05, 0.1) is 12.4 Å². The highest BCUT2D eigenvalue weighted by atomic mass is 32.2. The van der Waals surface area contributed by atoms with Crippen molar-refractivity contribution in [1.29, 1.82) is 0 Å². The molecule has 2 fully saturated rings. The lowest BCUT2D eigenvalue weighted by atomic mass is 10.1. The molecule has 0 radical (unpaired) electrons. The van der Waals surface area contributed by atoms with Crippen molar-refractivity contribution in [3.63, 3.8) is 0 Å². The zero-order chi connectivity index (χ0) is 11.9. The number of ether oxygens (including phenoxy) is 1. The van der Waals surface area contributed by atoms with Crippen LogP contribution in [-0.4, -0.2) is 75.3 Å². The van der Waals surface area contributed by atoms with Gasteiger partial charge in [0.2, 0.25) is 5.91 Å². The Bertz CT molecular complexity index is 289. The second kappa shape index (κ2) is 4.50. The van der Waals surface area contributed by atoms with Gasteiger partial charge in [0.1, 0.15) is 29.8 Å². The number of nitrogens with zero attached hydrogens (tertiary/aromatic N) is 1. The van der Waals surface area contributed by atoms with Gasteiger partial charge in [-0.3, -0.25) is 4.79 Å². The SMILES string of the molecule is CN1C(=O)CS[C@@H]1C1O[C@H](CO)[C@@H](O)[C@@H]1O. The normalized spacial score (nSPS) is 44.4. The van der Waals surface area contributed by atoms with E-state index in [9.17, 15) is 15.0 Å². The van der Waals surface area contributed by atoms with Gasteiger partial charge in [-0.05, 0) is 0 Å². The molecule has 2 heterocycles. The summed E-state index contributed by atoms with van der Waals surface area (Å²) in [5.74, 6) is 0.334. The standard InChI is InChI=1S/C9H15NO5S/c1-10-5(12)3-16-9(10)8-7(14)6(13)4(2-11)15-8/h4,6-9,11,13-14H,2-3H2,1H3/t4-,6-,7+,8?,9-/m1/s1. The van der Waals surface area contributed by atoms with Gasteiger partial charge in [0, 0.05) is 7.05 Å². The van der Waals surface area contributed by atoms with Crippen LogP contribution in [0.15, 0.2) is 0 Å². The molecule has 6 nitrogen and oxygen atoms in total. The first kappa shape index (κ1) is 12.1. The van der Waals surface area contributed by atoms with Gasteiger partial charge in [0.25, 0.3) is 0 Å². The Kier molecular flexibility index (Phi) is 3.41. The van der Waals surface area contributed by atoms with Crippen LogP contribution in [0.2, 0.25) is 0 Å². The molecular formula is C9H15NO5S. The van der Waals surface area contributed by atoms with Gasteiger partial charge in [-0.25, -0.2) is 0 Å². The molecule has 0 aromatic heterocycles. The van der Waals surface area contributed by atoms with Crippen LogP contribution < -0.4 is 0 Å². The molecule has 2 aliphatic rings. The smallest absolute Gasteiger partial charge is 0.233 e. The van der Waals surface area contributed by atoms with Crippen molar-refractivity contribution in [3.05, 3.63) is 0 Å². The summed E-state index contributed by atoms with van der Waals surface area (Å²) >= 11 is 1.37. The van der Waals surface area contributed by atoms with E-state index >= 15 is 0 Å². The molecule has 0 bridgehead atoms. The average Bonchev–Trinajstić information content (AvgIpc) is 2.73. The fraction of sp³-hybridized carbons (Fsp3) is 0.889. The molecule has 0 spiro atoms. The monoisotopic (exact) mass is 249 g/mol. The Hall–Kier alpha value is -0.340. The second-order valence-electron chi connectivity index (χ2n) is 4.01. The number of amides is 1. The Morgan fingerprint density at radius 3 is 2.62 bits per heavy atom. The lowest BCUT2D eigenvalue weighted by Gasteiger charge is -2.26. The lowest BCUT2D eigenvalue weighted by molar-refractivity contribution is -0.129. The number of thioether (sulfide) groups is 1. The largest absolute Gasteiger partial charge is 0.394 e. The van der Waals surface area contributed by atoms with E-state index in [1.54, 1.807) is 7.05 Å². The predicted octanol–water partition coefficient (Wildman–Crippen LogP) is -2.00. The first-order valence-electron chi connectivity index (χ1n) is 5.06. The average molecular weight is 249 g/mol. The predicted molar refractivity (Wildman–Crippen MR) is 56.8 cm³/mol. The molecule has 2 saturated heterocycles. The van der Waals surface area contributed by atoms with Gasteiger partial charge in [-0.1, -0.05) is 0 Å². The first-order chi connectivity index (χ1) is 7.56. The first-order valence-corrected chi connectivity index (χ1v) is 6.11. The van der Waals surface area contributed by atoms with Crippen LogP contribution in [-0.2, 0) is 9.53 Å². The minimum absolute atomic E-state index is 0.0206.